The third kappa shape index (κ3) is 3.51. The first-order valence-corrected chi connectivity index (χ1v) is 9.28. The summed E-state index contributed by atoms with van der Waals surface area (Å²) in [6, 6.07) is 9.83. The summed E-state index contributed by atoms with van der Waals surface area (Å²) in [6.45, 7) is 1.90. The number of hydrogen-bond donors (Lipinski definition) is 1. The smallest absolute Gasteiger partial charge is 0.235 e. The summed E-state index contributed by atoms with van der Waals surface area (Å²) in [6.07, 6.45) is 2.31. The summed E-state index contributed by atoms with van der Waals surface area (Å²) in [5, 5.41) is 9.01. The van der Waals surface area contributed by atoms with Crippen LogP contribution in [-0.2, 0) is 11.8 Å². The molecule has 1 aromatic carbocycles. The Morgan fingerprint density at radius 2 is 2.12 bits per heavy atom. The van der Waals surface area contributed by atoms with E-state index in [-0.39, 0.29) is 5.91 Å². The lowest BCUT2D eigenvalue weighted by atomic mass is 10.2. The highest BCUT2D eigenvalue weighted by Crippen LogP contribution is 2.39. The normalized spacial score (nSPS) is 14.0. The molecule has 1 aliphatic rings. The molecule has 128 valence electrons. The number of benzene rings is 1. The number of thioether (sulfide) groups is 1. The van der Waals surface area contributed by atoms with E-state index in [4.69, 9.17) is 4.98 Å². The summed E-state index contributed by atoms with van der Waals surface area (Å²) in [7, 11) is 1.82. The van der Waals surface area contributed by atoms with E-state index < -0.39 is 0 Å². The molecule has 0 unspecified atom stereocenters. The van der Waals surface area contributed by atoms with Crippen molar-refractivity contribution in [2.75, 3.05) is 11.1 Å². The third-order valence-electron chi connectivity index (χ3n) is 4.14. The van der Waals surface area contributed by atoms with E-state index in [0.29, 0.717) is 17.5 Å². The van der Waals surface area contributed by atoms with Gasteiger partial charge >= 0.3 is 0 Å². The lowest BCUT2D eigenvalue weighted by Crippen LogP contribution is -2.16. The summed E-state index contributed by atoms with van der Waals surface area (Å²) >= 11 is 1.46. The molecule has 1 saturated carbocycles. The SMILES string of the molecule is Cc1cc(NC(=O)CSc2nc(C3CC3)nc3ccccc23)n(C)n1. The van der Waals surface area contributed by atoms with Gasteiger partial charge in [-0.25, -0.2) is 9.97 Å². The fourth-order valence-corrected chi connectivity index (χ4v) is 3.57. The molecule has 0 aliphatic heterocycles. The van der Waals surface area contributed by atoms with Crippen molar-refractivity contribution in [2.24, 2.45) is 7.05 Å². The van der Waals surface area contributed by atoms with E-state index in [9.17, 15) is 4.79 Å². The topological polar surface area (TPSA) is 72.7 Å². The van der Waals surface area contributed by atoms with Crippen molar-refractivity contribution in [2.45, 2.75) is 30.7 Å². The van der Waals surface area contributed by atoms with Crippen LogP contribution in [0.15, 0.2) is 35.4 Å². The van der Waals surface area contributed by atoms with Gasteiger partial charge in [0.05, 0.1) is 17.0 Å². The van der Waals surface area contributed by atoms with Crippen LogP contribution >= 0.6 is 11.8 Å². The van der Waals surface area contributed by atoms with Crippen molar-refractivity contribution >= 4 is 34.4 Å². The van der Waals surface area contributed by atoms with Gasteiger partial charge in [-0.15, -0.1) is 0 Å². The summed E-state index contributed by atoms with van der Waals surface area (Å²) in [5.41, 5.74) is 1.82. The van der Waals surface area contributed by atoms with Gasteiger partial charge in [0.2, 0.25) is 5.91 Å². The van der Waals surface area contributed by atoms with Crippen LogP contribution in [0, 0.1) is 6.92 Å². The van der Waals surface area contributed by atoms with Crippen LogP contribution in [0.3, 0.4) is 0 Å². The first-order chi connectivity index (χ1) is 12.1. The number of hydrogen-bond acceptors (Lipinski definition) is 5. The minimum atomic E-state index is -0.0661. The second-order valence-corrected chi connectivity index (χ2v) is 7.27. The largest absolute Gasteiger partial charge is 0.310 e. The maximum absolute atomic E-state index is 12.3. The van der Waals surface area contributed by atoms with E-state index in [0.717, 1.165) is 40.3 Å². The van der Waals surface area contributed by atoms with Gasteiger partial charge in [0, 0.05) is 24.4 Å². The molecule has 7 heteroatoms. The van der Waals surface area contributed by atoms with Gasteiger partial charge in [0.25, 0.3) is 0 Å². The molecule has 1 N–H and O–H groups in total. The van der Waals surface area contributed by atoms with Crippen molar-refractivity contribution < 1.29 is 4.79 Å². The molecule has 1 aliphatic carbocycles. The number of rotatable bonds is 5. The number of nitrogens with zero attached hydrogens (tertiary/aromatic N) is 4. The van der Waals surface area contributed by atoms with Crippen molar-refractivity contribution in [3.63, 3.8) is 0 Å². The monoisotopic (exact) mass is 353 g/mol. The van der Waals surface area contributed by atoms with Crippen molar-refractivity contribution in [3.05, 3.63) is 41.9 Å². The second-order valence-electron chi connectivity index (χ2n) is 6.31. The maximum atomic E-state index is 12.3. The molecule has 3 aromatic rings. The van der Waals surface area contributed by atoms with E-state index in [2.05, 4.69) is 15.4 Å². The number of anilines is 1. The molecule has 0 bridgehead atoms. The van der Waals surface area contributed by atoms with Gasteiger partial charge in [0.1, 0.15) is 16.7 Å². The maximum Gasteiger partial charge on any atom is 0.235 e. The van der Waals surface area contributed by atoms with E-state index in [1.165, 1.54) is 11.8 Å². The minimum absolute atomic E-state index is 0.0661. The predicted molar refractivity (Wildman–Crippen MR) is 98.8 cm³/mol. The van der Waals surface area contributed by atoms with E-state index >= 15 is 0 Å². The number of fused-ring (bicyclic) bond motifs is 1. The number of aryl methyl sites for hydroxylation is 2. The van der Waals surface area contributed by atoms with Gasteiger partial charge in [-0.2, -0.15) is 5.10 Å². The first kappa shape index (κ1) is 16.1. The Kier molecular flexibility index (Phi) is 4.17. The Balaban J connectivity index is 1.52. The molecule has 6 nitrogen and oxygen atoms in total. The Morgan fingerprint density at radius 3 is 2.84 bits per heavy atom. The number of aromatic nitrogens is 4. The lowest BCUT2D eigenvalue weighted by molar-refractivity contribution is -0.113. The van der Waals surface area contributed by atoms with Crippen LogP contribution in [0.1, 0.15) is 30.3 Å². The first-order valence-electron chi connectivity index (χ1n) is 8.30. The summed E-state index contributed by atoms with van der Waals surface area (Å²) in [4.78, 5) is 21.7. The molecule has 1 amide bonds. The number of carbonyl (C=O) groups excluding carboxylic acids is 1. The molecule has 2 heterocycles. The van der Waals surface area contributed by atoms with E-state index in [1.54, 1.807) is 4.68 Å². The predicted octanol–water partition coefficient (Wildman–Crippen LogP) is 3.28. The number of nitrogens with one attached hydrogen (secondary N) is 1. The van der Waals surface area contributed by atoms with Gasteiger partial charge < -0.3 is 5.32 Å². The molecular weight excluding hydrogens is 334 g/mol. The van der Waals surface area contributed by atoms with Gasteiger partial charge in [-0.1, -0.05) is 30.0 Å². The van der Waals surface area contributed by atoms with E-state index in [1.807, 2.05) is 44.3 Å². The molecule has 2 aromatic heterocycles. The molecule has 0 radical (unpaired) electrons. The number of carbonyl (C=O) groups is 1. The summed E-state index contributed by atoms with van der Waals surface area (Å²) < 4.78 is 1.67. The molecule has 0 atom stereocenters. The minimum Gasteiger partial charge on any atom is -0.310 e. The van der Waals surface area contributed by atoms with Crippen molar-refractivity contribution in [3.8, 4) is 0 Å². The average molecular weight is 353 g/mol. The molecule has 0 saturated heterocycles. The molecule has 1 fully saturated rings. The molecule has 0 spiro atoms. The Labute approximate surface area is 150 Å². The number of para-hydroxylation sites is 1. The highest BCUT2D eigenvalue weighted by atomic mass is 32.2. The lowest BCUT2D eigenvalue weighted by Gasteiger charge is -2.08. The fraction of sp³-hybridized carbons (Fsp3) is 0.333. The highest BCUT2D eigenvalue weighted by Gasteiger charge is 2.27. The second kappa shape index (κ2) is 6.48. The van der Waals surface area contributed by atoms with Gasteiger partial charge in [-0.05, 0) is 25.8 Å². The van der Waals surface area contributed by atoms with Gasteiger partial charge in [-0.3, -0.25) is 9.48 Å². The Bertz CT molecular complexity index is 948. The zero-order valence-electron chi connectivity index (χ0n) is 14.2. The molecular formula is C18H19N5OS. The highest BCUT2D eigenvalue weighted by molar-refractivity contribution is 8.00. The Hall–Kier alpha value is -2.41. The van der Waals surface area contributed by atoms with Gasteiger partial charge in [0.15, 0.2) is 0 Å². The van der Waals surface area contributed by atoms with Crippen LogP contribution in [-0.4, -0.2) is 31.4 Å². The third-order valence-corrected chi connectivity index (χ3v) is 5.13. The summed E-state index contributed by atoms with van der Waals surface area (Å²) in [5.74, 6) is 2.33. The fourth-order valence-electron chi connectivity index (χ4n) is 2.74. The zero-order valence-corrected chi connectivity index (χ0v) is 15.0. The van der Waals surface area contributed by atoms with Crippen LogP contribution in [0.25, 0.3) is 10.9 Å². The van der Waals surface area contributed by atoms with Crippen LogP contribution in [0.4, 0.5) is 5.82 Å². The molecule has 4 rings (SSSR count). The number of amides is 1. The standard InChI is InChI=1S/C18H19N5OS/c1-11-9-15(23(2)22-11)20-16(24)10-25-18-13-5-3-4-6-14(13)19-17(21-18)12-7-8-12/h3-6,9,12H,7-8,10H2,1-2H3,(H,20,24). The van der Waals surface area contributed by atoms with Crippen LogP contribution in [0.2, 0.25) is 0 Å². The zero-order chi connectivity index (χ0) is 17.4. The molecule has 25 heavy (non-hydrogen) atoms. The van der Waals surface area contributed by atoms with Crippen molar-refractivity contribution in [1.82, 2.24) is 19.7 Å². The van der Waals surface area contributed by atoms with Crippen LogP contribution in [0.5, 0.6) is 0 Å². The Morgan fingerprint density at radius 1 is 1.32 bits per heavy atom. The van der Waals surface area contributed by atoms with Crippen molar-refractivity contribution in [1.29, 1.82) is 0 Å². The average Bonchev–Trinajstić information content (AvgIpc) is 3.39. The quantitative estimate of drug-likeness (QED) is 0.563. The van der Waals surface area contributed by atoms with Crippen LogP contribution < -0.4 is 5.32 Å².